The van der Waals surface area contributed by atoms with E-state index < -0.39 is 6.10 Å². The molecule has 1 amide bonds. The minimum absolute atomic E-state index is 0.177. The minimum Gasteiger partial charge on any atom is -0.485 e. The summed E-state index contributed by atoms with van der Waals surface area (Å²) < 4.78 is 26.5. The molecule has 0 saturated heterocycles. The Labute approximate surface area is 175 Å². The number of carbonyl (C=O) groups is 1. The lowest BCUT2D eigenvalue weighted by atomic mass is 10.2. The van der Waals surface area contributed by atoms with E-state index in [4.69, 9.17) is 9.47 Å². The van der Waals surface area contributed by atoms with E-state index in [0.717, 1.165) is 26.8 Å². The van der Waals surface area contributed by atoms with Crippen LogP contribution in [-0.4, -0.2) is 28.0 Å². The highest BCUT2D eigenvalue weighted by molar-refractivity contribution is 7.17. The molecule has 3 heterocycles. The minimum atomic E-state index is -0.686. The smallest absolute Gasteiger partial charge is 0.264 e. The first-order valence-electron chi connectivity index (χ1n) is 9.48. The third-order valence-electron chi connectivity index (χ3n) is 5.02. The van der Waals surface area contributed by atoms with Crippen LogP contribution >= 0.6 is 11.3 Å². The van der Waals surface area contributed by atoms with Crippen molar-refractivity contribution in [3.63, 3.8) is 0 Å². The molecule has 4 aromatic rings. The number of amides is 1. The van der Waals surface area contributed by atoms with Gasteiger partial charge >= 0.3 is 0 Å². The summed E-state index contributed by atoms with van der Waals surface area (Å²) in [6, 6.07) is 13.6. The van der Waals surface area contributed by atoms with Crippen LogP contribution in [0.2, 0.25) is 0 Å². The molecule has 1 unspecified atom stereocenters. The molecule has 8 heteroatoms. The summed E-state index contributed by atoms with van der Waals surface area (Å²) in [7, 11) is 0. The predicted molar refractivity (Wildman–Crippen MR) is 111 cm³/mol. The molecular formula is C22H18FN3O3S. The first-order chi connectivity index (χ1) is 14.6. The molecule has 152 valence electrons. The third kappa shape index (κ3) is 3.39. The maximum Gasteiger partial charge on any atom is 0.264 e. The zero-order valence-electron chi connectivity index (χ0n) is 16.1. The van der Waals surface area contributed by atoms with Crippen LogP contribution in [0, 0.1) is 12.7 Å². The molecule has 0 spiro atoms. The van der Waals surface area contributed by atoms with Crippen LogP contribution in [0.1, 0.15) is 10.6 Å². The van der Waals surface area contributed by atoms with Crippen molar-refractivity contribution >= 4 is 22.2 Å². The number of nitrogens with zero attached hydrogens (tertiary/aromatic N) is 2. The fraction of sp³-hybridized carbons (Fsp3) is 0.182. The average molecular weight is 423 g/mol. The lowest BCUT2D eigenvalue weighted by Crippen LogP contribution is -2.43. The molecule has 0 bridgehead atoms. The van der Waals surface area contributed by atoms with Crippen molar-refractivity contribution < 1.29 is 18.7 Å². The Morgan fingerprint density at radius 2 is 2.00 bits per heavy atom. The second kappa shape index (κ2) is 7.46. The van der Waals surface area contributed by atoms with Crippen LogP contribution < -0.4 is 14.8 Å². The molecule has 0 saturated carbocycles. The summed E-state index contributed by atoms with van der Waals surface area (Å²) in [5.41, 5.74) is 2.64. The summed E-state index contributed by atoms with van der Waals surface area (Å²) in [6.45, 7) is 2.54. The molecule has 0 aliphatic carbocycles. The van der Waals surface area contributed by atoms with Gasteiger partial charge in [0, 0.05) is 22.3 Å². The maximum atomic E-state index is 13.1. The number of benzene rings is 2. The van der Waals surface area contributed by atoms with Crippen molar-refractivity contribution in [3.8, 4) is 22.8 Å². The summed E-state index contributed by atoms with van der Waals surface area (Å²) in [4.78, 5) is 19.0. The van der Waals surface area contributed by atoms with E-state index in [9.17, 15) is 9.18 Å². The van der Waals surface area contributed by atoms with Gasteiger partial charge in [0.05, 0.1) is 12.2 Å². The number of thiazole rings is 1. The quantitative estimate of drug-likeness (QED) is 0.540. The van der Waals surface area contributed by atoms with Gasteiger partial charge in [0.25, 0.3) is 5.91 Å². The standard InChI is InChI=1S/C22H18FN3O3S/c1-13-20(10-24-21(27)19-12-28-17-4-2-3-5-18(17)29-19)30-22-25-16(11-26(13)22)14-6-8-15(23)9-7-14/h2-9,11,19H,10,12H2,1H3,(H,24,27). The SMILES string of the molecule is Cc1c(CNC(=O)C2COc3ccccc3O2)sc2nc(-c3ccc(F)cc3)cn12. The normalized spacial score (nSPS) is 15.3. The molecule has 1 N–H and O–H groups in total. The largest absolute Gasteiger partial charge is 0.485 e. The van der Waals surface area contributed by atoms with Crippen molar-refractivity contribution in [1.29, 1.82) is 0 Å². The van der Waals surface area contributed by atoms with Crippen molar-refractivity contribution in [2.75, 3.05) is 6.61 Å². The summed E-state index contributed by atoms with van der Waals surface area (Å²) in [6.07, 6.45) is 1.24. The van der Waals surface area contributed by atoms with Gasteiger partial charge in [0.1, 0.15) is 12.4 Å². The van der Waals surface area contributed by atoms with Crippen LogP contribution in [0.25, 0.3) is 16.2 Å². The number of hydrogen-bond acceptors (Lipinski definition) is 5. The summed E-state index contributed by atoms with van der Waals surface area (Å²) in [5.74, 6) is 0.726. The molecule has 0 fully saturated rings. The zero-order chi connectivity index (χ0) is 20.7. The third-order valence-corrected chi connectivity index (χ3v) is 6.17. The number of ether oxygens (including phenoxy) is 2. The highest BCUT2D eigenvalue weighted by atomic mass is 32.1. The van der Waals surface area contributed by atoms with Crippen molar-refractivity contribution in [3.05, 3.63) is 71.1 Å². The molecule has 5 rings (SSSR count). The van der Waals surface area contributed by atoms with Crippen LogP contribution in [0.3, 0.4) is 0 Å². The predicted octanol–water partition coefficient (Wildman–Crippen LogP) is 3.97. The summed E-state index contributed by atoms with van der Waals surface area (Å²) >= 11 is 1.51. The maximum absolute atomic E-state index is 13.1. The van der Waals surface area contributed by atoms with Gasteiger partial charge in [-0.05, 0) is 43.3 Å². The van der Waals surface area contributed by atoms with Crippen LogP contribution in [0.15, 0.2) is 54.7 Å². The molecule has 6 nitrogen and oxygen atoms in total. The van der Waals surface area contributed by atoms with E-state index >= 15 is 0 Å². The second-order valence-corrected chi connectivity index (χ2v) is 8.04. The summed E-state index contributed by atoms with van der Waals surface area (Å²) in [5, 5.41) is 2.93. The van der Waals surface area contributed by atoms with Crippen LogP contribution in [-0.2, 0) is 11.3 Å². The Morgan fingerprint density at radius 1 is 1.23 bits per heavy atom. The number of nitrogens with one attached hydrogen (secondary N) is 1. The number of halogens is 1. The van der Waals surface area contributed by atoms with Gasteiger partial charge in [-0.3, -0.25) is 9.20 Å². The van der Waals surface area contributed by atoms with Gasteiger partial charge in [0.15, 0.2) is 16.5 Å². The Kier molecular flexibility index (Phi) is 4.63. The topological polar surface area (TPSA) is 64.9 Å². The van der Waals surface area contributed by atoms with Crippen LogP contribution in [0.5, 0.6) is 11.5 Å². The first kappa shape index (κ1) is 18.6. The Hall–Kier alpha value is -3.39. The molecule has 2 aromatic heterocycles. The van der Waals surface area contributed by atoms with E-state index in [2.05, 4.69) is 10.3 Å². The Balaban J connectivity index is 1.28. The lowest BCUT2D eigenvalue weighted by molar-refractivity contribution is -0.130. The molecule has 1 aliphatic heterocycles. The fourth-order valence-corrected chi connectivity index (χ4v) is 4.39. The number of para-hydroxylation sites is 2. The monoisotopic (exact) mass is 423 g/mol. The molecule has 1 atom stereocenters. The highest BCUT2D eigenvalue weighted by Crippen LogP contribution is 2.31. The van der Waals surface area contributed by atoms with E-state index in [0.29, 0.717) is 18.0 Å². The molecular weight excluding hydrogens is 405 g/mol. The van der Waals surface area contributed by atoms with Gasteiger partial charge in [-0.2, -0.15) is 0 Å². The van der Waals surface area contributed by atoms with E-state index in [1.807, 2.05) is 35.7 Å². The van der Waals surface area contributed by atoms with Gasteiger partial charge in [0.2, 0.25) is 6.10 Å². The Bertz CT molecular complexity index is 1230. The number of imidazole rings is 1. The number of rotatable bonds is 4. The van der Waals surface area contributed by atoms with Crippen molar-refractivity contribution in [1.82, 2.24) is 14.7 Å². The molecule has 1 aliphatic rings. The van der Waals surface area contributed by atoms with Crippen molar-refractivity contribution in [2.24, 2.45) is 0 Å². The second-order valence-electron chi connectivity index (χ2n) is 6.98. The van der Waals surface area contributed by atoms with Crippen LogP contribution in [0.4, 0.5) is 4.39 Å². The first-order valence-corrected chi connectivity index (χ1v) is 10.3. The van der Waals surface area contributed by atoms with Gasteiger partial charge in [-0.15, -0.1) is 0 Å². The number of hydrogen-bond donors (Lipinski definition) is 1. The number of fused-ring (bicyclic) bond motifs is 2. The highest BCUT2D eigenvalue weighted by Gasteiger charge is 2.27. The number of aryl methyl sites for hydroxylation is 1. The average Bonchev–Trinajstić information content (AvgIpc) is 3.31. The van der Waals surface area contributed by atoms with E-state index in [1.165, 1.54) is 23.5 Å². The van der Waals surface area contributed by atoms with Crippen molar-refractivity contribution in [2.45, 2.75) is 19.6 Å². The Morgan fingerprint density at radius 3 is 2.77 bits per heavy atom. The molecule has 30 heavy (non-hydrogen) atoms. The molecule has 0 radical (unpaired) electrons. The van der Waals surface area contributed by atoms with E-state index in [-0.39, 0.29) is 18.3 Å². The van der Waals surface area contributed by atoms with E-state index in [1.54, 1.807) is 18.2 Å². The van der Waals surface area contributed by atoms with Gasteiger partial charge < -0.3 is 14.8 Å². The fourth-order valence-electron chi connectivity index (χ4n) is 3.35. The lowest BCUT2D eigenvalue weighted by Gasteiger charge is -2.25. The van der Waals surface area contributed by atoms with Gasteiger partial charge in [-0.25, -0.2) is 9.37 Å². The molecule has 2 aromatic carbocycles. The zero-order valence-corrected chi connectivity index (χ0v) is 16.9. The van der Waals surface area contributed by atoms with Gasteiger partial charge in [-0.1, -0.05) is 23.5 Å². The number of carbonyl (C=O) groups excluding carboxylic acids is 1. The number of aromatic nitrogens is 2.